The molecule has 7 nitrogen and oxygen atoms in total. The molecule has 8 heteroatoms. The minimum Gasteiger partial charge on any atom is -0.369 e. The van der Waals surface area contributed by atoms with Gasteiger partial charge in [-0.15, -0.1) is 0 Å². The lowest BCUT2D eigenvalue weighted by Crippen LogP contribution is -2.45. The van der Waals surface area contributed by atoms with Crippen molar-refractivity contribution in [3.8, 4) is 0 Å². The van der Waals surface area contributed by atoms with Crippen LogP contribution in [0.3, 0.4) is 0 Å². The fourth-order valence-electron chi connectivity index (χ4n) is 4.39. The molecule has 3 heterocycles. The lowest BCUT2D eigenvalue weighted by molar-refractivity contribution is -0.149. The predicted octanol–water partition coefficient (Wildman–Crippen LogP) is 3.14. The van der Waals surface area contributed by atoms with Crippen molar-refractivity contribution in [1.82, 2.24) is 14.9 Å². The van der Waals surface area contributed by atoms with Gasteiger partial charge in [0.15, 0.2) is 0 Å². The molecule has 0 N–H and O–H groups in total. The van der Waals surface area contributed by atoms with Crippen molar-refractivity contribution in [3.63, 3.8) is 0 Å². The molecule has 170 valence electrons. The molecule has 2 aromatic rings. The number of ether oxygens (including phenoxy) is 1. The van der Waals surface area contributed by atoms with E-state index in [-0.39, 0.29) is 30.1 Å². The Kier molecular flexibility index (Phi) is 5.99. The quantitative estimate of drug-likeness (QED) is 0.714. The molecule has 0 spiro atoms. The summed E-state index contributed by atoms with van der Waals surface area (Å²) in [5, 5.41) is 0. The number of hydrogen-bond acceptors (Lipinski definition) is 5. The third-order valence-electron chi connectivity index (χ3n) is 6.45. The minimum atomic E-state index is -0.879. The van der Waals surface area contributed by atoms with Crippen molar-refractivity contribution in [2.45, 2.75) is 58.1 Å². The third-order valence-corrected chi connectivity index (χ3v) is 6.45. The molecule has 0 saturated carbocycles. The summed E-state index contributed by atoms with van der Waals surface area (Å²) in [6.07, 6.45) is 1.72. The van der Waals surface area contributed by atoms with Crippen LogP contribution in [-0.4, -0.2) is 52.5 Å². The fraction of sp³-hybridized carbons (Fsp3) is 0.500. The van der Waals surface area contributed by atoms with Crippen LogP contribution in [0.25, 0.3) is 0 Å². The molecule has 1 aromatic heterocycles. The summed E-state index contributed by atoms with van der Waals surface area (Å²) in [7, 11) is 1.53. The van der Waals surface area contributed by atoms with Gasteiger partial charge in [-0.3, -0.25) is 14.5 Å². The number of halogens is 1. The molecule has 1 fully saturated rings. The van der Waals surface area contributed by atoms with Crippen molar-refractivity contribution < 1.29 is 18.7 Å². The van der Waals surface area contributed by atoms with Gasteiger partial charge in [-0.2, -0.15) is 0 Å². The molecule has 2 aliphatic rings. The van der Waals surface area contributed by atoms with Gasteiger partial charge in [0.1, 0.15) is 23.1 Å². The number of hydrogen-bond donors (Lipinski definition) is 0. The molecule has 4 rings (SSSR count). The molecule has 0 unspecified atom stereocenters. The van der Waals surface area contributed by atoms with Crippen LogP contribution in [0.2, 0.25) is 0 Å². The molecule has 2 amide bonds. The number of nitrogens with zero attached hydrogens (tertiary/aromatic N) is 4. The second-order valence-electron chi connectivity index (χ2n) is 9.03. The normalized spacial score (nSPS) is 18.8. The summed E-state index contributed by atoms with van der Waals surface area (Å²) in [6.45, 7) is 6.85. The highest BCUT2D eigenvalue weighted by molar-refractivity contribution is 5.95. The van der Waals surface area contributed by atoms with E-state index < -0.39 is 5.60 Å². The lowest BCUT2D eigenvalue weighted by Gasteiger charge is -2.30. The summed E-state index contributed by atoms with van der Waals surface area (Å²) in [4.78, 5) is 38.5. The van der Waals surface area contributed by atoms with E-state index in [4.69, 9.17) is 14.7 Å². The Morgan fingerprint density at radius 2 is 2.06 bits per heavy atom. The summed E-state index contributed by atoms with van der Waals surface area (Å²) in [5.74, 6) is 0.821. The van der Waals surface area contributed by atoms with Gasteiger partial charge in [-0.25, -0.2) is 14.4 Å². The Morgan fingerprint density at radius 1 is 1.28 bits per heavy atom. The maximum absolute atomic E-state index is 13.7. The highest BCUT2D eigenvalue weighted by Crippen LogP contribution is 2.33. The van der Waals surface area contributed by atoms with Gasteiger partial charge in [0.25, 0.3) is 5.91 Å². The fourth-order valence-corrected chi connectivity index (χ4v) is 4.39. The Hall–Kier alpha value is -2.87. The second kappa shape index (κ2) is 8.58. The van der Waals surface area contributed by atoms with Crippen LogP contribution in [0.4, 0.5) is 10.2 Å². The van der Waals surface area contributed by atoms with Crippen molar-refractivity contribution in [2.75, 3.05) is 25.1 Å². The maximum atomic E-state index is 13.7. The number of methoxy groups -OCH3 is 1. The molecule has 1 atom stereocenters. The Labute approximate surface area is 187 Å². The van der Waals surface area contributed by atoms with E-state index >= 15 is 0 Å². The van der Waals surface area contributed by atoms with Crippen LogP contribution < -0.4 is 4.90 Å². The Bertz CT molecular complexity index is 1060. The average molecular weight is 441 g/mol. The molecular formula is C24H29FN4O3. The molecule has 0 bridgehead atoms. The number of anilines is 1. The molecule has 1 saturated heterocycles. The third kappa shape index (κ3) is 4.24. The zero-order valence-electron chi connectivity index (χ0n) is 19.0. The summed E-state index contributed by atoms with van der Waals surface area (Å²) >= 11 is 0. The van der Waals surface area contributed by atoms with Gasteiger partial charge < -0.3 is 9.64 Å². The van der Waals surface area contributed by atoms with E-state index in [1.54, 1.807) is 35.8 Å². The SMILES string of the molecule is COC(C)(C)C(=O)N1CC[C@H](c2nc(C)c3c(n2)N(Cc2cccc(F)c2)C(=O)CC3)C1. The average Bonchev–Trinajstić information content (AvgIpc) is 3.25. The molecular weight excluding hydrogens is 411 g/mol. The zero-order valence-corrected chi connectivity index (χ0v) is 19.0. The molecule has 0 radical (unpaired) electrons. The maximum Gasteiger partial charge on any atom is 0.254 e. The summed E-state index contributed by atoms with van der Waals surface area (Å²) < 4.78 is 19.0. The monoisotopic (exact) mass is 440 g/mol. The van der Waals surface area contributed by atoms with E-state index in [0.29, 0.717) is 43.1 Å². The molecule has 1 aromatic carbocycles. The molecule has 32 heavy (non-hydrogen) atoms. The van der Waals surface area contributed by atoms with Gasteiger partial charge in [-0.05, 0) is 51.3 Å². The van der Waals surface area contributed by atoms with Gasteiger partial charge in [-0.1, -0.05) is 12.1 Å². The Balaban J connectivity index is 1.62. The number of rotatable bonds is 5. The number of likely N-dealkylation sites (tertiary alicyclic amines) is 1. The van der Waals surface area contributed by atoms with Gasteiger partial charge in [0.05, 0.1) is 6.54 Å². The number of aromatic nitrogens is 2. The first-order chi connectivity index (χ1) is 15.2. The van der Waals surface area contributed by atoms with Gasteiger partial charge in [0, 0.05) is 43.8 Å². The number of carbonyl (C=O) groups is 2. The number of carbonyl (C=O) groups excluding carboxylic acids is 2. The van der Waals surface area contributed by atoms with Crippen LogP contribution in [0, 0.1) is 12.7 Å². The van der Waals surface area contributed by atoms with E-state index in [1.807, 2.05) is 6.92 Å². The van der Waals surface area contributed by atoms with Crippen molar-refractivity contribution in [2.24, 2.45) is 0 Å². The first-order valence-electron chi connectivity index (χ1n) is 11.0. The smallest absolute Gasteiger partial charge is 0.254 e. The number of benzene rings is 1. The summed E-state index contributed by atoms with van der Waals surface area (Å²) in [6, 6.07) is 6.27. The number of aryl methyl sites for hydroxylation is 1. The first kappa shape index (κ1) is 22.3. The number of amides is 2. The highest BCUT2D eigenvalue weighted by atomic mass is 19.1. The second-order valence-corrected chi connectivity index (χ2v) is 9.03. The Morgan fingerprint density at radius 3 is 2.78 bits per heavy atom. The van der Waals surface area contributed by atoms with Crippen molar-refractivity contribution in [3.05, 3.63) is 52.7 Å². The molecule has 0 aliphatic carbocycles. The number of fused-ring (bicyclic) bond motifs is 1. The first-order valence-corrected chi connectivity index (χ1v) is 11.0. The molecule has 2 aliphatic heterocycles. The van der Waals surface area contributed by atoms with E-state index in [0.717, 1.165) is 17.7 Å². The standard InChI is InChI=1S/C24H29FN4O3/c1-15-19-8-9-20(30)29(13-16-6-5-7-18(25)12-16)22(19)27-21(26-15)17-10-11-28(14-17)23(31)24(2,3)32-4/h5-7,12,17H,8-11,13-14H2,1-4H3/t17-/m0/s1. The van der Waals surface area contributed by atoms with Gasteiger partial charge >= 0.3 is 0 Å². The van der Waals surface area contributed by atoms with Gasteiger partial charge in [0.2, 0.25) is 5.91 Å². The van der Waals surface area contributed by atoms with E-state index in [2.05, 4.69) is 0 Å². The van der Waals surface area contributed by atoms with Crippen LogP contribution in [0.5, 0.6) is 0 Å². The van der Waals surface area contributed by atoms with E-state index in [9.17, 15) is 14.0 Å². The largest absolute Gasteiger partial charge is 0.369 e. The van der Waals surface area contributed by atoms with Crippen LogP contribution in [-0.2, 0) is 27.3 Å². The zero-order chi connectivity index (χ0) is 23.0. The lowest BCUT2D eigenvalue weighted by atomic mass is 10.0. The van der Waals surface area contributed by atoms with Crippen molar-refractivity contribution >= 4 is 17.6 Å². The predicted molar refractivity (Wildman–Crippen MR) is 118 cm³/mol. The van der Waals surface area contributed by atoms with Crippen molar-refractivity contribution in [1.29, 1.82) is 0 Å². The minimum absolute atomic E-state index is 0.0105. The van der Waals surface area contributed by atoms with Crippen LogP contribution in [0.1, 0.15) is 55.3 Å². The van der Waals surface area contributed by atoms with Crippen LogP contribution >= 0.6 is 0 Å². The van der Waals surface area contributed by atoms with E-state index in [1.165, 1.54) is 19.2 Å². The summed E-state index contributed by atoms with van der Waals surface area (Å²) in [5.41, 5.74) is 1.64. The van der Waals surface area contributed by atoms with Crippen LogP contribution in [0.15, 0.2) is 24.3 Å². The topological polar surface area (TPSA) is 75.6 Å². The highest BCUT2D eigenvalue weighted by Gasteiger charge is 2.38.